The van der Waals surface area contributed by atoms with E-state index in [0.29, 0.717) is 26.4 Å². The second kappa shape index (κ2) is 5.09. The van der Waals surface area contributed by atoms with Gasteiger partial charge in [-0.05, 0) is 18.2 Å². The Kier molecular flexibility index (Phi) is 3.41. The first-order chi connectivity index (χ1) is 9.61. The van der Waals surface area contributed by atoms with Crippen LogP contribution < -0.4 is 11.0 Å². The molecule has 0 aliphatic rings. The molecule has 0 atom stereocenters. The van der Waals surface area contributed by atoms with Crippen LogP contribution in [0.5, 0.6) is 0 Å². The molecule has 102 valence electrons. The first-order valence-electron chi connectivity index (χ1n) is 5.76. The molecule has 0 unspecified atom stereocenters. The van der Waals surface area contributed by atoms with Gasteiger partial charge in [-0.15, -0.1) is 11.3 Å². The van der Waals surface area contributed by atoms with Crippen LogP contribution in [0.3, 0.4) is 0 Å². The second-order valence-corrected chi connectivity index (χ2v) is 6.14. The fourth-order valence-corrected chi connectivity index (χ4v) is 3.44. The van der Waals surface area contributed by atoms with Gasteiger partial charge in [0.15, 0.2) is 5.82 Å². The average Bonchev–Trinajstić information content (AvgIpc) is 2.80. The molecule has 0 spiro atoms. The number of thiophene rings is 1. The minimum Gasteiger partial charge on any atom is -0.372 e. The zero-order chi connectivity index (χ0) is 14.3. The molecule has 4 nitrogen and oxygen atoms in total. The number of anilines is 1. The summed E-state index contributed by atoms with van der Waals surface area (Å²) in [6, 6.07) is 8.88. The van der Waals surface area contributed by atoms with Crippen LogP contribution in [0.2, 0.25) is 9.36 Å². The Morgan fingerprint density at radius 3 is 2.75 bits per heavy atom. The predicted molar refractivity (Wildman–Crippen MR) is 84.8 cm³/mol. The molecule has 0 saturated carbocycles. The highest BCUT2D eigenvalue weighted by atomic mass is 35.5. The first kappa shape index (κ1) is 13.4. The van der Waals surface area contributed by atoms with Crippen molar-refractivity contribution in [2.75, 3.05) is 12.4 Å². The second-order valence-electron chi connectivity index (χ2n) is 4.04. The topological polar surface area (TPSA) is 46.9 Å². The fourth-order valence-electron chi connectivity index (χ4n) is 2.02. The summed E-state index contributed by atoms with van der Waals surface area (Å²) in [5, 5.41) is 3.40. The monoisotopic (exact) mass is 325 g/mol. The number of nitrogens with one attached hydrogen (secondary N) is 1. The Balaban J connectivity index is 2.45. The van der Waals surface area contributed by atoms with Crippen LogP contribution in [-0.2, 0) is 0 Å². The van der Waals surface area contributed by atoms with E-state index >= 15 is 0 Å². The minimum atomic E-state index is -0.399. The maximum absolute atomic E-state index is 12.3. The van der Waals surface area contributed by atoms with E-state index in [9.17, 15) is 4.79 Å². The minimum absolute atomic E-state index is 0.399. The average molecular weight is 326 g/mol. The maximum Gasteiger partial charge on any atom is 0.354 e. The lowest BCUT2D eigenvalue weighted by Gasteiger charge is -2.10. The van der Waals surface area contributed by atoms with Crippen LogP contribution in [0.15, 0.2) is 35.1 Å². The number of para-hydroxylation sites is 1. The molecule has 1 N–H and O–H groups in total. The summed E-state index contributed by atoms with van der Waals surface area (Å²) in [5.41, 5.74) is 0.885. The van der Waals surface area contributed by atoms with Crippen LogP contribution in [0.4, 0.5) is 5.82 Å². The maximum atomic E-state index is 12.3. The molecule has 2 heterocycles. The van der Waals surface area contributed by atoms with E-state index in [1.165, 1.54) is 15.9 Å². The van der Waals surface area contributed by atoms with Crippen molar-refractivity contribution in [3.05, 3.63) is 50.2 Å². The summed E-state index contributed by atoms with van der Waals surface area (Å²) >= 11 is 13.6. The van der Waals surface area contributed by atoms with Crippen molar-refractivity contribution in [1.29, 1.82) is 0 Å². The van der Waals surface area contributed by atoms with E-state index in [4.69, 9.17) is 23.2 Å². The number of hydrogen-bond donors (Lipinski definition) is 1. The third-order valence-electron chi connectivity index (χ3n) is 2.87. The van der Waals surface area contributed by atoms with Gasteiger partial charge in [0.25, 0.3) is 0 Å². The Labute approximate surface area is 128 Å². The van der Waals surface area contributed by atoms with Crippen LogP contribution in [0.1, 0.15) is 0 Å². The van der Waals surface area contributed by atoms with Gasteiger partial charge in [-0.1, -0.05) is 35.3 Å². The third kappa shape index (κ3) is 2.08. The summed E-state index contributed by atoms with van der Waals surface area (Å²) in [5.74, 6) is 0.519. The molecule has 0 saturated heterocycles. The lowest BCUT2D eigenvalue weighted by molar-refractivity contribution is 0.964. The molecule has 20 heavy (non-hydrogen) atoms. The summed E-state index contributed by atoms with van der Waals surface area (Å²) in [4.78, 5) is 16.3. The zero-order valence-electron chi connectivity index (χ0n) is 10.4. The normalized spacial score (nSPS) is 10.9. The molecule has 1 aromatic carbocycles. The van der Waals surface area contributed by atoms with E-state index < -0.39 is 5.69 Å². The standard InChI is InChI=1S/C13H9Cl2N3OS/c1-16-12-11-9(6-10(15)20-11)18(13(19)17-12)8-5-3-2-4-7(8)14/h2-6H,1H3,(H,16,17,19). The number of fused-ring (bicyclic) bond motifs is 1. The third-order valence-corrected chi connectivity index (χ3v) is 4.45. The van der Waals surface area contributed by atoms with Crippen molar-refractivity contribution in [3.8, 4) is 5.69 Å². The fraction of sp³-hybridized carbons (Fsp3) is 0.0769. The van der Waals surface area contributed by atoms with Gasteiger partial charge in [0, 0.05) is 7.05 Å². The van der Waals surface area contributed by atoms with Gasteiger partial charge in [0.1, 0.15) is 0 Å². The van der Waals surface area contributed by atoms with Gasteiger partial charge < -0.3 is 5.32 Å². The van der Waals surface area contributed by atoms with E-state index in [2.05, 4.69) is 10.3 Å². The number of hydrogen-bond acceptors (Lipinski definition) is 4. The Morgan fingerprint density at radius 2 is 2.05 bits per heavy atom. The van der Waals surface area contributed by atoms with Crippen LogP contribution >= 0.6 is 34.5 Å². The highest BCUT2D eigenvalue weighted by molar-refractivity contribution is 7.23. The van der Waals surface area contributed by atoms with Crippen LogP contribution in [-0.4, -0.2) is 16.6 Å². The SMILES string of the molecule is CNc1nc(=O)n(-c2ccccc2Cl)c2cc(Cl)sc12. The summed E-state index contributed by atoms with van der Waals surface area (Å²) < 4.78 is 2.88. The number of halogens is 2. The number of aromatic nitrogens is 2. The highest BCUT2D eigenvalue weighted by Gasteiger charge is 2.15. The van der Waals surface area contributed by atoms with Crippen LogP contribution in [0.25, 0.3) is 15.9 Å². The van der Waals surface area contributed by atoms with Crippen molar-refractivity contribution >= 4 is 50.6 Å². The van der Waals surface area contributed by atoms with Gasteiger partial charge in [-0.2, -0.15) is 4.98 Å². The quantitative estimate of drug-likeness (QED) is 0.779. The van der Waals surface area contributed by atoms with Crippen LogP contribution in [0, 0.1) is 0 Å². The van der Waals surface area contributed by atoms with Crippen molar-refractivity contribution in [3.63, 3.8) is 0 Å². The van der Waals surface area contributed by atoms with Gasteiger partial charge in [0.05, 0.1) is 25.3 Å². The van der Waals surface area contributed by atoms with Gasteiger partial charge >= 0.3 is 5.69 Å². The number of benzene rings is 1. The molecule has 0 bridgehead atoms. The van der Waals surface area contributed by atoms with E-state index in [1.54, 1.807) is 25.2 Å². The Hall–Kier alpha value is -1.56. The molecular formula is C13H9Cl2N3OS. The summed E-state index contributed by atoms with van der Waals surface area (Å²) in [7, 11) is 1.72. The number of rotatable bonds is 2. The van der Waals surface area contributed by atoms with Gasteiger partial charge in [0.2, 0.25) is 0 Å². The molecule has 3 rings (SSSR count). The Bertz CT molecular complexity index is 856. The van der Waals surface area contributed by atoms with Crippen molar-refractivity contribution in [1.82, 2.24) is 9.55 Å². The lowest BCUT2D eigenvalue weighted by atomic mass is 10.3. The largest absolute Gasteiger partial charge is 0.372 e. The number of nitrogens with zero attached hydrogens (tertiary/aromatic N) is 2. The van der Waals surface area contributed by atoms with Crippen molar-refractivity contribution < 1.29 is 0 Å². The molecule has 0 aliphatic carbocycles. The highest BCUT2D eigenvalue weighted by Crippen LogP contribution is 2.34. The van der Waals surface area contributed by atoms with Crippen molar-refractivity contribution in [2.24, 2.45) is 0 Å². The predicted octanol–water partition coefficient (Wildman–Crippen LogP) is 3.80. The van der Waals surface area contributed by atoms with E-state index in [0.717, 1.165) is 4.70 Å². The van der Waals surface area contributed by atoms with Crippen molar-refractivity contribution in [2.45, 2.75) is 0 Å². The zero-order valence-corrected chi connectivity index (χ0v) is 12.7. The van der Waals surface area contributed by atoms with E-state index in [1.807, 2.05) is 12.1 Å². The van der Waals surface area contributed by atoms with Gasteiger partial charge in [-0.3, -0.25) is 4.57 Å². The first-order valence-corrected chi connectivity index (χ1v) is 7.34. The molecule has 0 radical (unpaired) electrons. The Morgan fingerprint density at radius 1 is 1.30 bits per heavy atom. The molecule has 0 amide bonds. The molecule has 3 aromatic rings. The molecule has 0 aliphatic heterocycles. The lowest BCUT2D eigenvalue weighted by Crippen LogP contribution is -2.22. The smallest absolute Gasteiger partial charge is 0.354 e. The molecule has 0 fully saturated rings. The molecule has 7 heteroatoms. The van der Waals surface area contributed by atoms with E-state index in [-0.39, 0.29) is 0 Å². The van der Waals surface area contributed by atoms with Gasteiger partial charge in [-0.25, -0.2) is 4.79 Å². The molecule has 2 aromatic heterocycles. The summed E-state index contributed by atoms with van der Waals surface area (Å²) in [6.45, 7) is 0. The summed E-state index contributed by atoms with van der Waals surface area (Å²) in [6.07, 6.45) is 0. The molecular weight excluding hydrogens is 317 g/mol.